The van der Waals surface area contributed by atoms with Crippen LogP contribution in [0.4, 0.5) is 5.69 Å². The van der Waals surface area contributed by atoms with Gasteiger partial charge < -0.3 is 5.32 Å². The van der Waals surface area contributed by atoms with Gasteiger partial charge in [-0.25, -0.2) is 0 Å². The Morgan fingerprint density at radius 2 is 1.88 bits per heavy atom. The molecule has 0 saturated carbocycles. The number of carbonyl (C=O) groups is 2. The summed E-state index contributed by atoms with van der Waals surface area (Å²) in [4.78, 5) is 25.6. The Labute approximate surface area is 153 Å². The first-order chi connectivity index (χ1) is 11.4. The van der Waals surface area contributed by atoms with E-state index in [1.165, 1.54) is 11.8 Å². The van der Waals surface area contributed by atoms with E-state index in [1.54, 1.807) is 4.90 Å². The molecule has 4 nitrogen and oxygen atoms in total. The van der Waals surface area contributed by atoms with Crippen molar-refractivity contribution >= 4 is 45.8 Å². The van der Waals surface area contributed by atoms with Crippen molar-refractivity contribution in [2.75, 3.05) is 11.9 Å². The molecule has 0 spiro atoms. The number of rotatable bonds is 7. The van der Waals surface area contributed by atoms with Crippen LogP contribution in [0.5, 0.6) is 0 Å². The fourth-order valence-electron chi connectivity index (χ4n) is 2.78. The lowest BCUT2D eigenvalue weighted by Gasteiger charge is -2.14. The molecule has 1 aromatic rings. The van der Waals surface area contributed by atoms with Crippen molar-refractivity contribution in [3.8, 4) is 0 Å². The van der Waals surface area contributed by atoms with Gasteiger partial charge in [-0.05, 0) is 56.9 Å². The first-order valence-corrected chi connectivity index (χ1v) is 9.56. The van der Waals surface area contributed by atoms with Gasteiger partial charge in [0.2, 0.25) is 11.8 Å². The van der Waals surface area contributed by atoms with Crippen molar-refractivity contribution in [3.63, 3.8) is 0 Å². The number of nitrogens with zero attached hydrogens (tertiary/aromatic N) is 1. The largest absolute Gasteiger partial charge is 0.326 e. The smallest absolute Gasteiger partial charge is 0.241 e. The summed E-state index contributed by atoms with van der Waals surface area (Å²) in [5.74, 6) is 0.148. The van der Waals surface area contributed by atoms with Crippen molar-refractivity contribution < 1.29 is 9.59 Å². The Hall–Kier alpha value is -1.40. The number of benzene rings is 1. The quantitative estimate of drug-likeness (QED) is 0.586. The molecule has 1 aliphatic rings. The van der Waals surface area contributed by atoms with E-state index in [4.69, 9.17) is 12.2 Å². The molecule has 0 bridgehead atoms. The van der Waals surface area contributed by atoms with Crippen LogP contribution in [0.3, 0.4) is 0 Å². The summed E-state index contributed by atoms with van der Waals surface area (Å²) in [7, 11) is 0. The summed E-state index contributed by atoms with van der Waals surface area (Å²) in [6.07, 6.45) is 3.09. The third kappa shape index (κ3) is 5.31. The van der Waals surface area contributed by atoms with E-state index in [2.05, 4.69) is 11.4 Å². The van der Waals surface area contributed by atoms with Crippen molar-refractivity contribution in [3.05, 3.63) is 29.3 Å². The van der Waals surface area contributed by atoms with E-state index in [0.29, 0.717) is 17.3 Å². The predicted octanol–water partition coefficient (Wildman–Crippen LogP) is 4.05. The molecular formula is C18H24N2O2S2. The van der Waals surface area contributed by atoms with E-state index in [1.807, 2.05) is 32.9 Å². The number of nitrogens with one attached hydrogen (secondary N) is 1. The molecule has 0 aliphatic carbocycles. The third-order valence-corrected chi connectivity index (χ3v) is 5.39. The molecule has 0 aromatic heterocycles. The molecule has 6 heteroatoms. The van der Waals surface area contributed by atoms with Crippen molar-refractivity contribution in [1.82, 2.24) is 4.90 Å². The summed E-state index contributed by atoms with van der Waals surface area (Å²) < 4.78 is 0.681. The molecule has 1 saturated heterocycles. The normalized spacial score (nSPS) is 17.5. The zero-order valence-corrected chi connectivity index (χ0v) is 16.1. The predicted molar refractivity (Wildman–Crippen MR) is 104 cm³/mol. The zero-order chi connectivity index (χ0) is 17.7. The van der Waals surface area contributed by atoms with Crippen LogP contribution in [0.2, 0.25) is 0 Å². The summed E-state index contributed by atoms with van der Waals surface area (Å²) in [6.45, 7) is 6.59. The molecule has 130 valence electrons. The Morgan fingerprint density at radius 1 is 1.21 bits per heavy atom. The Kier molecular flexibility index (Phi) is 6.80. The van der Waals surface area contributed by atoms with Crippen molar-refractivity contribution in [2.45, 2.75) is 51.7 Å². The van der Waals surface area contributed by atoms with Gasteiger partial charge in [-0.1, -0.05) is 36.5 Å². The SMILES string of the molecule is Cc1cc(C)cc(NC(=O)CCCCCN2C(=O)C(C)SC2=S)c1. The van der Waals surface area contributed by atoms with Crippen LogP contribution in [-0.2, 0) is 9.59 Å². The number of aryl methyl sites for hydroxylation is 2. The van der Waals surface area contributed by atoms with Crippen LogP contribution in [0.15, 0.2) is 18.2 Å². The number of amides is 2. The van der Waals surface area contributed by atoms with E-state index in [9.17, 15) is 9.59 Å². The maximum absolute atomic E-state index is 12.0. The number of thiocarbonyl (C=S) groups is 1. The van der Waals surface area contributed by atoms with Gasteiger partial charge in [0.1, 0.15) is 4.32 Å². The third-order valence-electron chi connectivity index (χ3n) is 3.90. The molecule has 2 rings (SSSR count). The van der Waals surface area contributed by atoms with Gasteiger partial charge in [0.15, 0.2) is 0 Å². The molecule has 1 unspecified atom stereocenters. The number of anilines is 1. The van der Waals surface area contributed by atoms with Crippen molar-refractivity contribution in [2.24, 2.45) is 0 Å². The van der Waals surface area contributed by atoms with Gasteiger partial charge >= 0.3 is 0 Å². The number of thioether (sulfide) groups is 1. The standard InChI is InChI=1S/C18H24N2O2S2/c1-12-9-13(2)11-15(10-12)19-16(21)7-5-4-6-8-20-17(22)14(3)24-18(20)23/h9-11,14H,4-8H2,1-3H3,(H,19,21). The average Bonchev–Trinajstić information content (AvgIpc) is 2.71. The monoisotopic (exact) mass is 364 g/mol. The second kappa shape index (κ2) is 8.62. The zero-order valence-electron chi connectivity index (χ0n) is 14.4. The summed E-state index contributed by atoms with van der Waals surface area (Å²) >= 11 is 6.66. The minimum atomic E-state index is -0.0546. The fraction of sp³-hybridized carbons (Fsp3) is 0.500. The molecule has 1 atom stereocenters. The molecular weight excluding hydrogens is 340 g/mol. The minimum Gasteiger partial charge on any atom is -0.326 e. The molecule has 24 heavy (non-hydrogen) atoms. The highest BCUT2D eigenvalue weighted by Crippen LogP contribution is 2.27. The van der Waals surface area contributed by atoms with E-state index < -0.39 is 0 Å². The Balaban J connectivity index is 1.66. The van der Waals surface area contributed by atoms with Gasteiger partial charge in [-0.3, -0.25) is 14.5 Å². The van der Waals surface area contributed by atoms with Gasteiger partial charge in [-0.2, -0.15) is 0 Å². The highest BCUT2D eigenvalue weighted by atomic mass is 32.2. The Morgan fingerprint density at radius 3 is 2.46 bits per heavy atom. The molecule has 2 amide bonds. The Bertz CT molecular complexity index is 626. The second-order valence-corrected chi connectivity index (χ2v) is 8.23. The maximum Gasteiger partial charge on any atom is 0.241 e. The van der Waals surface area contributed by atoms with Gasteiger partial charge in [0.05, 0.1) is 5.25 Å². The number of carbonyl (C=O) groups excluding carboxylic acids is 2. The van der Waals surface area contributed by atoms with Crippen LogP contribution in [-0.4, -0.2) is 32.8 Å². The highest BCUT2D eigenvalue weighted by Gasteiger charge is 2.32. The molecule has 0 radical (unpaired) electrons. The first kappa shape index (κ1) is 18.9. The highest BCUT2D eigenvalue weighted by molar-refractivity contribution is 8.24. The molecule has 1 heterocycles. The van der Waals surface area contributed by atoms with Crippen LogP contribution in [0, 0.1) is 13.8 Å². The molecule has 1 N–H and O–H groups in total. The maximum atomic E-state index is 12.0. The number of unbranched alkanes of at least 4 members (excludes halogenated alkanes) is 2. The molecule has 1 aromatic carbocycles. The molecule has 1 fully saturated rings. The minimum absolute atomic E-state index is 0.0388. The van der Waals surface area contributed by atoms with Crippen LogP contribution < -0.4 is 5.32 Å². The van der Waals surface area contributed by atoms with Gasteiger partial charge in [0, 0.05) is 18.7 Å². The average molecular weight is 365 g/mol. The van der Waals surface area contributed by atoms with Gasteiger partial charge in [0.25, 0.3) is 0 Å². The lowest BCUT2D eigenvalue weighted by molar-refractivity contribution is -0.125. The fourth-order valence-corrected chi connectivity index (χ4v) is 4.23. The topological polar surface area (TPSA) is 49.4 Å². The summed E-state index contributed by atoms with van der Waals surface area (Å²) in [5.41, 5.74) is 3.14. The number of hydrogen-bond donors (Lipinski definition) is 1. The van der Waals surface area contributed by atoms with Gasteiger partial charge in [-0.15, -0.1) is 0 Å². The van der Waals surface area contributed by atoms with Crippen LogP contribution >= 0.6 is 24.0 Å². The number of hydrogen-bond acceptors (Lipinski definition) is 4. The first-order valence-electron chi connectivity index (χ1n) is 8.27. The van der Waals surface area contributed by atoms with E-state index in [-0.39, 0.29) is 17.1 Å². The van der Waals surface area contributed by atoms with E-state index in [0.717, 1.165) is 36.1 Å². The summed E-state index contributed by atoms with van der Waals surface area (Å²) in [6, 6.07) is 6.03. The second-order valence-electron chi connectivity index (χ2n) is 6.25. The lowest BCUT2D eigenvalue weighted by Crippen LogP contribution is -2.31. The van der Waals surface area contributed by atoms with Crippen LogP contribution in [0.25, 0.3) is 0 Å². The van der Waals surface area contributed by atoms with Crippen LogP contribution in [0.1, 0.15) is 43.7 Å². The van der Waals surface area contributed by atoms with E-state index >= 15 is 0 Å². The lowest BCUT2D eigenvalue weighted by atomic mass is 10.1. The van der Waals surface area contributed by atoms with Crippen molar-refractivity contribution in [1.29, 1.82) is 0 Å². The molecule has 1 aliphatic heterocycles. The summed E-state index contributed by atoms with van der Waals surface area (Å²) in [5, 5.41) is 2.89.